The van der Waals surface area contributed by atoms with Crippen LogP contribution in [0.15, 0.2) is 22.8 Å². The van der Waals surface area contributed by atoms with Gasteiger partial charge in [-0.05, 0) is 12.1 Å². The molecule has 16 heavy (non-hydrogen) atoms. The predicted octanol–water partition coefficient (Wildman–Crippen LogP) is 1.96. The molecule has 5 heteroatoms. The van der Waals surface area contributed by atoms with Gasteiger partial charge in [0.25, 0.3) is 0 Å². The molecule has 1 aromatic rings. The van der Waals surface area contributed by atoms with E-state index in [2.05, 4.69) is 5.32 Å². The number of carboxylic acids is 1. The van der Waals surface area contributed by atoms with Gasteiger partial charge in [0.1, 0.15) is 11.8 Å². The zero-order valence-corrected chi connectivity index (χ0v) is 10.3. The molecule has 0 aliphatic carbocycles. The first-order valence-electron chi connectivity index (χ1n) is 5.18. The molecule has 0 aromatic carbocycles. The summed E-state index contributed by atoms with van der Waals surface area (Å²) < 4.78 is 5.17. The Balaban J connectivity index is 2.30. The van der Waals surface area contributed by atoms with Crippen molar-refractivity contribution in [3.05, 3.63) is 24.2 Å². The molecule has 0 saturated heterocycles. The van der Waals surface area contributed by atoms with Gasteiger partial charge in [-0.3, -0.25) is 4.79 Å². The van der Waals surface area contributed by atoms with Gasteiger partial charge in [0, 0.05) is 11.8 Å². The zero-order chi connectivity index (χ0) is 12.0. The minimum atomic E-state index is -0.805. The van der Waals surface area contributed by atoms with E-state index >= 15 is 0 Å². The average molecular weight is 243 g/mol. The second-order valence-electron chi connectivity index (χ2n) is 3.81. The maximum Gasteiger partial charge on any atom is 0.321 e. The number of hydrogen-bond acceptors (Lipinski definition) is 4. The number of carbonyl (C=O) groups is 1. The first kappa shape index (κ1) is 13.1. The molecule has 2 N–H and O–H groups in total. The van der Waals surface area contributed by atoms with E-state index in [9.17, 15) is 4.79 Å². The van der Waals surface area contributed by atoms with Crippen molar-refractivity contribution in [2.45, 2.75) is 31.7 Å². The minimum Gasteiger partial charge on any atom is -0.480 e. The number of rotatable bonds is 7. The Bertz CT molecular complexity index is 311. The Kier molecular flexibility index (Phi) is 5.42. The summed E-state index contributed by atoms with van der Waals surface area (Å²) in [5.74, 6) is 1.31. The monoisotopic (exact) mass is 243 g/mol. The molecule has 90 valence electrons. The topological polar surface area (TPSA) is 62.5 Å². The maximum absolute atomic E-state index is 10.9. The third-order valence-electron chi connectivity index (χ3n) is 1.94. The molecule has 0 radical (unpaired) electrons. The van der Waals surface area contributed by atoms with Crippen LogP contribution in [0.2, 0.25) is 0 Å². The van der Waals surface area contributed by atoms with Crippen LogP contribution in [0.25, 0.3) is 0 Å². The Labute approximate surface area is 99.4 Å². The SMILES string of the molecule is CC(C)NC(CSCc1ccco1)C(=O)O. The predicted molar refractivity (Wildman–Crippen MR) is 64.6 cm³/mol. The van der Waals surface area contributed by atoms with Crippen LogP contribution in [0.4, 0.5) is 0 Å². The number of nitrogens with one attached hydrogen (secondary N) is 1. The number of thioether (sulfide) groups is 1. The number of hydrogen-bond donors (Lipinski definition) is 2. The molecule has 1 rings (SSSR count). The van der Waals surface area contributed by atoms with Crippen molar-refractivity contribution in [1.82, 2.24) is 5.32 Å². The van der Waals surface area contributed by atoms with Gasteiger partial charge in [-0.2, -0.15) is 11.8 Å². The van der Waals surface area contributed by atoms with Crippen molar-refractivity contribution in [3.8, 4) is 0 Å². The van der Waals surface area contributed by atoms with Crippen LogP contribution in [-0.4, -0.2) is 28.9 Å². The molecule has 0 aliphatic heterocycles. The van der Waals surface area contributed by atoms with E-state index in [1.807, 2.05) is 26.0 Å². The Morgan fingerprint density at radius 2 is 2.38 bits per heavy atom. The van der Waals surface area contributed by atoms with Gasteiger partial charge in [-0.15, -0.1) is 0 Å². The molecule has 0 aliphatic rings. The van der Waals surface area contributed by atoms with Crippen molar-refractivity contribution in [1.29, 1.82) is 0 Å². The Hall–Kier alpha value is -0.940. The van der Waals surface area contributed by atoms with Crippen LogP contribution in [0.3, 0.4) is 0 Å². The van der Waals surface area contributed by atoms with E-state index in [0.29, 0.717) is 11.5 Å². The molecule has 1 unspecified atom stereocenters. The lowest BCUT2D eigenvalue weighted by atomic mass is 10.3. The van der Waals surface area contributed by atoms with Gasteiger partial charge in [-0.25, -0.2) is 0 Å². The fourth-order valence-corrected chi connectivity index (χ4v) is 2.22. The van der Waals surface area contributed by atoms with Gasteiger partial charge < -0.3 is 14.8 Å². The highest BCUT2D eigenvalue weighted by molar-refractivity contribution is 7.98. The standard InChI is InChI=1S/C11H17NO3S/c1-8(2)12-10(11(13)14)7-16-6-9-4-3-5-15-9/h3-5,8,10,12H,6-7H2,1-2H3,(H,13,14). The molecule has 4 nitrogen and oxygen atoms in total. The zero-order valence-electron chi connectivity index (χ0n) is 9.47. The van der Waals surface area contributed by atoms with E-state index in [4.69, 9.17) is 9.52 Å². The number of furan rings is 1. The summed E-state index contributed by atoms with van der Waals surface area (Å²) in [5, 5.41) is 12.0. The first-order chi connectivity index (χ1) is 7.59. The summed E-state index contributed by atoms with van der Waals surface area (Å²) in [6.07, 6.45) is 1.62. The molecule has 0 spiro atoms. The van der Waals surface area contributed by atoms with Crippen LogP contribution < -0.4 is 5.32 Å². The van der Waals surface area contributed by atoms with Crippen LogP contribution in [0, 0.1) is 0 Å². The summed E-state index contributed by atoms with van der Waals surface area (Å²) in [5.41, 5.74) is 0. The molecule has 1 aromatic heterocycles. The van der Waals surface area contributed by atoms with E-state index in [1.54, 1.807) is 18.0 Å². The Morgan fingerprint density at radius 3 is 2.88 bits per heavy atom. The van der Waals surface area contributed by atoms with E-state index in [1.165, 1.54) is 0 Å². The summed E-state index contributed by atoms with van der Waals surface area (Å²) in [7, 11) is 0. The average Bonchev–Trinajstić information content (AvgIpc) is 2.68. The molecular formula is C11H17NO3S. The minimum absolute atomic E-state index is 0.172. The molecule has 0 amide bonds. The first-order valence-corrected chi connectivity index (χ1v) is 6.34. The fraction of sp³-hybridized carbons (Fsp3) is 0.545. The highest BCUT2D eigenvalue weighted by atomic mass is 32.2. The van der Waals surface area contributed by atoms with Crippen molar-refractivity contribution in [3.63, 3.8) is 0 Å². The summed E-state index contributed by atoms with van der Waals surface area (Å²) >= 11 is 1.55. The van der Waals surface area contributed by atoms with Crippen molar-refractivity contribution in [2.24, 2.45) is 0 Å². The maximum atomic E-state index is 10.9. The second kappa shape index (κ2) is 6.60. The van der Waals surface area contributed by atoms with Crippen LogP contribution >= 0.6 is 11.8 Å². The number of aliphatic carboxylic acids is 1. The van der Waals surface area contributed by atoms with Crippen molar-refractivity contribution >= 4 is 17.7 Å². The van der Waals surface area contributed by atoms with Gasteiger partial charge in [-0.1, -0.05) is 13.8 Å². The summed E-state index contributed by atoms with van der Waals surface area (Å²) in [4.78, 5) is 10.9. The van der Waals surface area contributed by atoms with Crippen LogP contribution in [0.5, 0.6) is 0 Å². The van der Waals surface area contributed by atoms with Crippen LogP contribution in [-0.2, 0) is 10.5 Å². The molecule has 1 heterocycles. The summed E-state index contributed by atoms with van der Waals surface area (Å²) in [6.45, 7) is 3.88. The highest BCUT2D eigenvalue weighted by Crippen LogP contribution is 2.13. The molecule has 0 fully saturated rings. The van der Waals surface area contributed by atoms with Crippen LogP contribution in [0.1, 0.15) is 19.6 Å². The highest BCUT2D eigenvalue weighted by Gasteiger charge is 2.17. The normalized spacial score (nSPS) is 12.9. The molecule has 1 atom stereocenters. The lowest BCUT2D eigenvalue weighted by Crippen LogP contribution is -2.42. The lowest BCUT2D eigenvalue weighted by molar-refractivity contribution is -0.139. The van der Waals surface area contributed by atoms with Gasteiger partial charge in [0.15, 0.2) is 0 Å². The molecule has 0 saturated carbocycles. The lowest BCUT2D eigenvalue weighted by Gasteiger charge is -2.16. The van der Waals surface area contributed by atoms with Gasteiger partial charge in [0.05, 0.1) is 12.0 Å². The van der Waals surface area contributed by atoms with E-state index < -0.39 is 12.0 Å². The Morgan fingerprint density at radius 1 is 1.62 bits per heavy atom. The molecule has 0 bridgehead atoms. The van der Waals surface area contributed by atoms with E-state index in [-0.39, 0.29) is 6.04 Å². The largest absolute Gasteiger partial charge is 0.480 e. The quantitative estimate of drug-likeness (QED) is 0.766. The smallest absolute Gasteiger partial charge is 0.321 e. The fourth-order valence-electron chi connectivity index (χ4n) is 1.27. The third-order valence-corrected chi connectivity index (χ3v) is 3.00. The van der Waals surface area contributed by atoms with Crippen molar-refractivity contribution in [2.75, 3.05) is 5.75 Å². The van der Waals surface area contributed by atoms with Gasteiger partial charge in [0.2, 0.25) is 0 Å². The van der Waals surface area contributed by atoms with Gasteiger partial charge >= 0.3 is 5.97 Å². The van der Waals surface area contributed by atoms with E-state index in [0.717, 1.165) is 5.76 Å². The summed E-state index contributed by atoms with van der Waals surface area (Å²) in [6, 6.07) is 3.39. The molecular weight excluding hydrogens is 226 g/mol. The number of carboxylic acid groups (broad SMARTS) is 1. The third kappa shape index (κ3) is 4.72. The van der Waals surface area contributed by atoms with Crippen molar-refractivity contribution < 1.29 is 14.3 Å². The second-order valence-corrected chi connectivity index (χ2v) is 4.84.